The van der Waals surface area contributed by atoms with Crippen molar-refractivity contribution < 1.29 is 13.2 Å². The molecule has 0 amide bonds. The summed E-state index contributed by atoms with van der Waals surface area (Å²) in [6.07, 6.45) is -4.23. The van der Waals surface area contributed by atoms with E-state index in [0.29, 0.717) is 37.3 Å². The molecule has 1 atom stereocenters. The van der Waals surface area contributed by atoms with Crippen LogP contribution in [-0.2, 0) is 0 Å². The van der Waals surface area contributed by atoms with Gasteiger partial charge in [0.2, 0.25) is 0 Å². The van der Waals surface area contributed by atoms with Crippen LogP contribution in [0.15, 0.2) is 24.3 Å². The molecule has 0 unspecified atom stereocenters. The summed E-state index contributed by atoms with van der Waals surface area (Å²) >= 11 is 0. The second-order valence-corrected chi connectivity index (χ2v) is 4.59. The van der Waals surface area contributed by atoms with E-state index in [1.165, 1.54) is 4.90 Å². The standard InChI is InChI=1S/C13H17F3N2.ClH/c1-10-4-2-3-5-11(10)12(13(14,15)16)18-8-6-17-7-9-18;/h2-5,12,17H,6-9H2,1H3;1H/t12-;/m1./s1. The molecular weight excluding hydrogens is 277 g/mol. The van der Waals surface area contributed by atoms with Gasteiger partial charge in [-0.3, -0.25) is 4.90 Å². The van der Waals surface area contributed by atoms with Crippen LogP contribution in [0, 0.1) is 6.92 Å². The summed E-state index contributed by atoms with van der Waals surface area (Å²) in [5.74, 6) is 0. The average molecular weight is 295 g/mol. The van der Waals surface area contributed by atoms with Crippen molar-refractivity contribution in [2.24, 2.45) is 0 Å². The Balaban J connectivity index is 0.00000180. The molecule has 1 aliphatic rings. The minimum Gasteiger partial charge on any atom is -0.314 e. The molecule has 0 aromatic heterocycles. The Hall–Kier alpha value is -0.780. The number of alkyl halides is 3. The molecule has 0 spiro atoms. The van der Waals surface area contributed by atoms with Gasteiger partial charge in [-0.15, -0.1) is 12.4 Å². The van der Waals surface area contributed by atoms with Crippen molar-refractivity contribution in [3.8, 4) is 0 Å². The van der Waals surface area contributed by atoms with Crippen molar-refractivity contribution in [2.45, 2.75) is 19.1 Å². The van der Waals surface area contributed by atoms with Crippen molar-refractivity contribution >= 4 is 12.4 Å². The minimum atomic E-state index is -4.23. The van der Waals surface area contributed by atoms with E-state index in [2.05, 4.69) is 5.32 Å². The summed E-state index contributed by atoms with van der Waals surface area (Å²) in [6, 6.07) is 5.26. The third-order valence-corrected chi connectivity index (χ3v) is 3.31. The summed E-state index contributed by atoms with van der Waals surface area (Å²) in [5, 5.41) is 3.08. The molecule has 0 saturated carbocycles. The highest BCUT2D eigenvalue weighted by atomic mass is 35.5. The van der Waals surface area contributed by atoms with Gasteiger partial charge in [0.1, 0.15) is 6.04 Å². The predicted molar refractivity (Wildman–Crippen MR) is 71.7 cm³/mol. The first-order valence-electron chi connectivity index (χ1n) is 6.07. The van der Waals surface area contributed by atoms with Gasteiger partial charge in [-0.1, -0.05) is 24.3 Å². The van der Waals surface area contributed by atoms with E-state index in [1.807, 2.05) is 0 Å². The van der Waals surface area contributed by atoms with Gasteiger partial charge in [0.05, 0.1) is 0 Å². The first-order chi connectivity index (χ1) is 8.50. The van der Waals surface area contributed by atoms with Crippen LogP contribution in [0.3, 0.4) is 0 Å². The lowest BCUT2D eigenvalue weighted by molar-refractivity contribution is -0.188. The molecule has 2 rings (SSSR count). The van der Waals surface area contributed by atoms with E-state index in [9.17, 15) is 13.2 Å². The zero-order chi connectivity index (χ0) is 13.2. The number of nitrogens with zero attached hydrogens (tertiary/aromatic N) is 1. The summed E-state index contributed by atoms with van der Waals surface area (Å²) < 4.78 is 39.9. The zero-order valence-electron chi connectivity index (χ0n) is 10.7. The lowest BCUT2D eigenvalue weighted by Crippen LogP contribution is -2.49. The third kappa shape index (κ3) is 3.84. The molecule has 108 valence electrons. The van der Waals surface area contributed by atoms with Crippen LogP contribution in [-0.4, -0.2) is 37.3 Å². The van der Waals surface area contributed by atoms with Crippen LogP contribution < -0.4 is 5.32 Å². The van der Waals surface area contributed by atoms with Crippen LogP contribution in [0.5, 0.6) is 0 Å². The van der Waals surface area contributed by atoms with Crippen LogP contribution >= 0.6 is 12.4 Å². The molecule has 0 aliphatic carbocycles. The van der Waals surface area contributed by atoms with E-state index in [4.69, 9.17) is 0 Å². The molecule has 1 aromatic carbocycles. The molecule has 1 saturated heterocycles. The number of rotatable bonds is 2. The van der Waals surface area contributed by atoms with Crippen molar-refractivity contribution in [2.75, 3.05) is 26.2 Å². The summed E-state index contributed by atoms with van der Waals surface area (Å²) in [7, 11) is 0. The molecular formula is C13H18ClF3N2. The number of nitrogens with one attached hydrogen (secondary N) is 1. The average Bonchev–Trinajstić information content (AvgIpc) is 2.32. The van der Waals surface area contributed by atoms with Crippen LogP contribution in [0.4, 0.5) is 13.2 Å². The number of benzene rings is 1. The third-order valence-electron chi connectivity index (χ3n) is 3.31. The smallest absolute Gasteiger partial charge is 0.314 e. The van der Waals surface area contributed by atoms with Crippen LogP contribution in [0.1, 0.15) is 17.2 Å². The maximum atomic E-state index is 13.3. The Morgan fingerprint density at radius 1 is 1.16 bits per heavy atom. The number of piperazine rings is 1. The highest BCUT2D eigenvalue weighted by Gasteiger charge is 2.45. The first kappa shape index (κ1) is 16.3. The highest BCUT2D eigenvalue weighted by molar-refractivity contribution is 5.85. The SMILES string of the molecule is Cc1ccccc1[C@@H](N1CCNCC1)C(F)(F)F.Cl. The lowest BCUT2D eigenvalue weighted by Gasteiger charge is -2.36. The molecule has 1 aliphatic heterocycles. The van der Waals surface area contributed by atoms with Crippen molar-refractivity contribution in [1.82, 2.24) is 10.2 Å². The molecule has 1 aromatic rings. The van der Waals surface area contributed by atoms with Gasteiger partial charge in [0.15, 0.2) is 0 Å². The molecule has 19 heavy (non-hydrogen) atoms. The Morgan fingerprint density at radius 2 is 1.74 bits per heavy atom. The molecule has 0 bridgehead atoms. The van der Waals surface area contributed by atoms with Gasteiger partial charge in [-0.25, -0.2) is 0 Å². The van der Waals surface area contributed by atoms with E-state index in [0.717, 1.165) is 0 Å². The van der Waals surface area contributed by atoms with Gasteiger partial charge < -0.3 is 5.32 Å². The van der Waals surface area contributed by atoms with Gasteiger partial charge in [-0.2, -0.15) is 13.2 Å². The van der Waals surface area contributed by atoms with Gasteiger partial charge in [-0.05, 0) is 18.1 Å². The monoisotopic (exact) mass is 294 g/mol. The summed E-state index contributed by atoms with van der Waals surface area (Å²) in [6.45, 7) is 3.81. The Labute approximate surface area is 117 Å². The number of hydrogen-bond donors (Lipinski definition) is 1. The molecule has 0 radical (unpaired) electrons. The van der Waals surface area contributed by atoms with Crippen molar-refractivity contribution in [3.63, 3.8) is 0 Å². The van der Waals surface area contributed by atoms with Gasteiger partial charge in [0.25, 0.3) is 0 Å². The number of hydrogen-bond acceptors (Lipinski definition) is 2. The summed E-state index contributed by atoms with van der Waals surface area (Å²) in [5.41, 5.74) is 1.06. The second-order valence-electron chi connectivity index (χ2n) is 4.59. The summed E-state index contributed by atoms with van der Waals surface area (Å²) in [4.78, 5) is 1.51. The number of halogens is 4. The molecule has 1 N–H and O–H groups in total. The fraction of sp³-hybridized carbons (Fsp3) is 0.538. The number of aryl methyl sites for hydroxylation is 1. The molecule has 6 heteroatoms. The molecule has 2 nitrogen and oxygen atoms in total. The normalized spacial score (nSPS) is 18.7. The van der Waals surface area contributed by atoms with Gasteiger partial charge >= 0.3 is 6.18 Å². The fourth-order valence-electron chi connectivity index (χ4n) is 2.41. The Kier molecular flexibility index (Phi) is 5.64. The van der Waals surface area contributed by atoms with Crippen molar-refractivity contribution in [1.29, 1.82) is 0 Å². The van der Waals surface area contributed by atoms with E-state index < -0.39 is 12.2 Å². The minimum absolute atomic E-state index is 0. The zero-order valence-corrected chi connectivity index (χ0v) is 11.5. The van der Waals surface area contributed by atoms with E-state index in [1.54, 1.807) is 31.2 Å². The van der Waals surface area contributed by atoms with Crippen LogP contribution in [0.2, 0.25) is 0 Å². The van der Waals surface area contributed by atoms with E-state index >= 15 is 0 Å². The molecule has 1 heterocycles. The van der Waals surface area contributed by atoms with Gasteiger partial charge in [0, 0.05) is 26.2 Å². The molecule has 1 fully saturated rings. The first-order valence-corrected chi connectivity index (χ1v) is 6.07. The quantitative estimate of drug-likeness (QED) is 0.902. The van der Waals surface area contributed by atoms with Crippen LogP contribution in [0.25, 0.3) is 0 Å². The largest absolute Gasteiger partial charge is 0.408 e. The predicted octanol–water partition coefficient (Wildman–Crippen LogP) is 2.93. The topological polar surface area (TPSA) is 15.3 Å². The maximum Gasteiger partial charge on any atom is 0.408 e. The lowest BCUT2D eigenvalue weighted by atomic mass is 9.99. The Bertz CT molecular complexity index is 403. The maximum absolute atomic E-state index is 13.3. The highest BCUT2D eigenvalue weighted by Crippen LogP contribution is 2.38. The van der Waals surface area contributed by atoms with Crippen molar-refractivity contribution in [3.05, 3.63) is 35.4 Å². The fourth-order valence-corrected chi connectivity index (χ4v) is 2.41. The second kappa shape index (κ2) is 6.59. The van der Waals surface area contributed by atoms with E-state index in [-0.39, 0.29) is 12.4 Å². The Morgan fingerprint density at radius 3 is 2.26 bits per heavy atom.